The first-order valence-corrected chi connectivity index (χ1v) is 11.9. The Labute approximate surface area is 183 Å². The van der Waals surface area contributed by atoms with Crippen LogP contribution in [0.25, 0.3) is 0 Å². The van der Waals surface area contributed by atoms with E-state index in [9.17, 15) is 23.3 Å². The molecule has 0 saturated carbocycles. The Hall–Kier alpha value is -3.24. The quantitative estimate of drug-likeness (QED) is 0.452. The normalized spacial score (nSPS) is 13.5. The van der Waals surface area contributed by atoms with Gasteiger partial charge < -0.3 is 4.90 Å². The van der Waals surface area contributed by atoms with Crippen LogP contribution in [0.15, 0.2) is 58.8 Å². The predicted octanol–water partition coefficient (Wildman–Crippen LogP) is 4.36. The summed E-state index contributed by atoms with van der Waals surface area (Å²) in [5.74, 6) is -0.120. The molecule has 1 aliphatic rings. The molecule has 1 amide bonds. The third-order valence-corrected chi connectivity index (χ3v) is 7.49. The van der Waals surface area contributed by atoms with Gasteiger partial charge in [0.25, 0.3) is 21.6 Å². The van der Waals surface area contributed by atoms with Crippen molar-refractivity contribution in [3.63, 3.8) is 0 Å². The largest absolute Gasteiger partial charge is 0.307 e. The summed E-state index contributed by atoms with van der Waals surface area (Å²) in [4.78, 5) is 25.5. The number of non-ortho nitro benzene ring substituents is 1. The van der Waals surface area contributed by atoms with Crippen molar-refractivity contribution >= 4 is 44.3 Å². The minimum atomic E-state index is -4.06. The molecule has 0 fully saturated rings. The summed E-state index contributed by atoms with van der Waals surface area (Å²) in [6.07, 6.45) is 1.61. The molecule has 1 aliphatic heterocycles. The number of benzene rings is 2. The highest BCUT2D eigenvalue weighted by Gasteiger charge is 2.26. The van der Waals surface area contributed by atoms with Gasteiger partial charge in [0, 0.05) is 24.4 Å². The molecule has 1 N–H and O–H groups in total. The van der Waals surface area contributed by atoms with E-state index in [-0.39, 0.29) is 22.2 Å². The highest BCUT2D eigenvalue weighted by Crippen LogP contribution is 2.33. The van der Waals surface area contributed by atoms with Crippen LogP contribution >= 0.6 is 11.3 Å². The molecule has 2 aromatic carbocycles. The second-order valence-corrected chi connectivity index (χ2v) is 9.79. The lowest BCUT2D eigenvalue weighted by atomic mass is 10.0. The highest BCUT2D eigenvalue weighted by atomic mass is 32.2. The van der Waals surface area contributed by atoms with E-state index in [1.807, 2.05) is 11.4 Å². The monoisotopic (exact) mass is 457 g/mol. The van der Waals surface area contributed by atoms with Crippen molar-refractivity contribution in [3.05, 3.63) is 80.0 Å². The van der Waals surface area contributed by atoms with E-state index in [1.165, 1.54) is 23.5 Å². The zero-order valence-electron chi connectivity index (χ0n) is 16.6. The Kier molecular flexibility index (Phi) is 5.50. The van der Waals surface area contributed by atoms with Crippen molar-refractivity contribution in [2.24, 2.45) is 0 Å². The Bertz CT molecular complexity index is 1270. The molecule has 8 nitrogen and oxygen atoms in total. The molecule has 0 saturated heterocycles. The molecular formula is C21H19N3O5S2. The van der Waals surface area contributed by atoms with Crippen LogP contribution in [0.2, 0.25) is 0 Å². The van der Waals surface area contributed by atoms with Gasteiger partial charge in [0.1, 0.15) is 0 Å². The minimum absolute atomic E-state index is 0.120. The first kappa shape index (κ1) is 21.0. The summed E-state index contributed by atoms with van der Waals surface area (Å²) < 4.78 is 28.4. The van der Waals surface area contributed by atoms with Gasteiger partial charge in [0.2, 0.25) is 0 Å². The van der Waals surface area contributed by atoms with Crippen LogP contribution in [0.1, 0.15) is 27.2 Å². The number of aryl methyl sites for hydroxylation is 2. The molecule has 31 heavy (non-hydrogen) atoms. The van der Waals surface area contributed by atoms with Crippen LogP contribution in [0.4, 0.5) is 17.1 Å². The van der Waals surface area contributed by atoms with Crippen molar-refractivity contribution in [1.82, 2.24) is 0 Å². The highest BCUT2D eigenvalue weighted by molar-refractivity contribution is 7.92. The van der Waals surface area contributed by atoms with Crippen LogP contribution in [0.3, 0.4) is 0 Å². The third-order valence-electron chi connectivity index (χ3n) is 5.11. The van der Waals surface area contributed by atoms with Crippen LogP contribution in [0.5, 0.6) is 0 Å². The van der Waals surface area contributed by atoms with Crippen molar-refractivity contribution in [2.75, 3.05) is 16.2 Å². The smallest absolute Gasteiger partial charge is 0.270 e. The molecular weight excluding hydrogens is 438 g/mol. The van der Waals surface area contributed by atoms with Gasteiger partial charge >= 0.3 is 0 Å². The second-order valence-electron chi connectivity index (χ2n) is 7.19. The number of amides is 1. The number of nitro groups is 1. The predicted molar refractivity (Wildman–Crippen MR) is 119 cm³/mol. The standard InChI is InChI=1S/C21H19N3O5S2/c1-14-6-9-17(24(26)27)13-20(14)31(28,29)22-16-8-7-15-4-2-10-23(18(15)12-16)21(25)19-5-3-11-30-19/h3,5-9,11-13,22H,2,4,10H2,1H3. The van der Waals surface area contributed by atoms with E-state index in [1.54, 1.807) is 36.1 Å². The van der Waals surface area contributed by atoms with Crippen molar-refractivity contribution in [1.29, 1.82) is 0 Å². The lowest BCUT2D eigenvalue weighted by Gasteiger charge is -2.29. The molecule has 10 heteroatoms. The molecule has 2 heterocycles. The van der Waals surface area contributed by atoms with Gasteiger partial charge in [-0.1, -0.05) is 18.2 Å². The Morgan fingerprint density at radius 3 is 2.71 bits per heavy atom. The summed E-state index contributed by atoms with van der Waals surface area (Å²) in [6.45, 7) is 2.12. The summed E-state index contributed by atoms with van der Waals surface area (Å²) >= 11 is 1.36. The number of nitrogens with zero attached hydrogens (tertiary/aromatic N) is 2. The van der Waals surface area contributed by atoms with Gasteiger partial charge in [0.05, 0.1) is 20.4 Å². The lowest BCUT2D eigenvalue weighted by molar-refractivity contribution is -0.385. The molecule has 3 aromatic rings. The summed E-state index contributed by atoms with van der Waals surface area (Å²) in [6, 6.07) is 12.4. The van der Waals surface area contributed by atoms with Gasteiger partial charge in [0.15, 0.2) is 0 Å². The van der Waals surface area contributed by atoms with E-state index in [0.717, 1.165) is 24.5 Å². The number of sulfonamides is 1. The number of rotatable bonds is 5. The van der Waals surface area contributed by atoms with E-state index in [2.05, 4.69) is 4.72 Å². The third kappa shape index (κ3) is 4.17. The molecule has 1 aromatic heterocycles. The molecule has 4 rings (SSSR count). The number of hydrogen-bond acceptors (Lipinski definition) is 6. The molecule has 0 aliphatic carbocycles. The number of hydrogen-bond donors (Lipinski definition) is 1. The van der Waals surface area contributed by atoms with Gasteiger partial charge in [-0.05, 0) is 54.5 Å². The number of nitrogens with one attached hydrogen (secondary N) is 1. The number of nitro benzene ring substituents is 1. The first-order chi connectivity index (χ1) is 14.8. The summed E-state index contributed by atoms with van der Waals surface area (Å²) in [5, 5.41) is 12.9. The van der Waals surface area contributed by atoms with E-state index >= 15 is 0 Å². The van der Waals surface area contributed by atoms with E-state index in [4.69, 9.17) is 0 Å². The summed E-state index contributed by atoms with van der Waals surface area (Å²) in [5.41, 5.74) is 2.01. The maximum Gasteiger partial charge on any atom is 0.270 e. The van der Waals surface area contributed by atoms with Crippen LogP contribution in [-0.4, -0.2) is 25.8 Å². The number of fused-ring (bicyclic) bond motifs is 1. The average Bonchev–Trinajstić information content (AvgIpc) is 3.27. The van der Waals surface area contributed by atoms with Crippen LogP contribution in [0, 0.1) is 17.0 Å². The van der Waals surface area contributed by atoms with Crippen molar-refractivity contribution in [2.45, 2.75) is 24.7 Å². The Morgan fingerprint density at radius 1 is 1.19 bits per heavy atom. The number of carbonyl (C=O) groups is 1. The van der Waals surface area contributed by atoms with Gasteiger partial charge in [-0.3, -0.25) is 19.6 Å². The van der Waals surface area contributed by atoms with E-state index in [0.29, 0.717) is 22.7 Å². The fourth-order valence-corrected chi connectivity index (χ4v) is 5.57. The number of carbonyl (C=O) groups excluding carboxylic acids is 1. The molecule has 0 spiro atoms. The summed E-state index contributed by atoms with van der Waals surface area (Å²) in [7, 11) is -4.06. The topological polar surface area (TPSA) is 110 Å². The van der Waals surface area contributed by atoms with Gasteiger partial charge in [-0.15, -0.1) is 11.3 Å². The van der Waals surface area contributed by atoms with E-state index < -0.39 is 14.9 Å². The van der Waals surface area contributed by atoms with Crippen molar-refractivity contribution < 1.29 is 18.1 Å². The maximum atomic E-state index is 13.0. The Morgan fingerprint density at radius 2 is 2.00 bits per heavy atom. The van der Waals surface area contributed by atoms with Crippen LogP contribution < -0.4 is 9.62 Å². The average molecular weight is 458 g/mol. The molecule has 160 valence electrons. The zero-order valence-corrected chi connectivity index (χ0v) is 18.2. The van der Waals surface area contributed by atoms with Gasteiger partial charge in [-0.2, -0.15) is 0 Å². The fraction of sp³-hybridized carbons (Fsp3) is 0.190. The maximum absolute atomic E-state index is 13.0. The van der Waals surface area contributed by atoms with Crippen LogP contribution in [-0.2, 0) is 16.4 Å². The molecule has 0 radical (unpaired) electrons. The zero-order chi connectivity index (χ0) is 22.2. The first-order valence-electron chi connectivity index (χ1n) is 9.52. The molecule has 0 atom stereocenters. The molecule has 0 unspecified atom stereocenters. The van der Waals surface area contributed by atoms with Crippen molar-refractivity contribution in [3.8, 4) is 0 Å². The fourth-order valence-electron chi connectivity index (χ4n) is 3.58. The lowest BCUT2D eigenvalue weighted by Crippen LogP contribution is -2.35. The second kappa shape index (κ2) is 8.12. The number of anilines is 2. The number of thiophene rings is 1. The SMILES string of the molecule is Cc1ccc([N+](=O)[O-])cc1S(=O)(=O)Nc1ccc2c(c1)N(C(=O)c1cccs1)CCC2. The minimum Gasteiger partial charge on any atom is -0.307 e. The van der Waals surface area contributed by atoms with Gasteiger partial charge in [-0.25, -0.2) is 8.42 Å². The Balaban J connectivity index is 1.68. The molecule has 0 bridgehead atoms.